The molecule has 0 unspecified atom stereocenters. The van der Waals surface area contributed by atoms with E-state index in [-0.39, 0.29) is 5.69 Å². The van der Waals surface area contributed by atoms with E-state index in [0.29, 0.717) is 0 Å². The lowest BCUT2D eigenvalue weighted by Gasteiger charge is -2.07. The third-order valence-electron chi connectivity index (χ3n) is 1.02. The third kappa shape index (κ3) is 2.69. The molecular formula is C7H5F3NO. The second kappa shape index (κ2) is 2.92. The van der Waals surface area contributed by atoms with Gasteiger partial charge in [0.1, 0.15) is 5.75 Å². The Bertz CT molecular complexity index is 272. The molecule has 0 aliphatic heterocycles. The summed E-state index contributed by atoms with van der Waals surface area (Å²) in [5.41, 5.74) is 5.28. The summed E-state index contributed by atoms with van der Waals surface area (Å²) in [6.07, 6.45) is -4.69. The fourth-order valence-corrected chi connectivity index (χ4v) is 0.649. The van der Waals surface area contributed by atoms with Gasteiger partial charge in [0.05, 0.1) is 6.07 Å². The number of ether oxygens (including phenoxy) is 1. The van der Waals surface area contributed by atoms with Crippen molar-refractivity contribution < 1.29 is 17.9 Å². The number of nitrogens with two attached hydrogens (primary N) is 1. The summed E-state index contributed by atoms with van der Waals surface area (Å²) in [6.45, 7) is 0. The Kier molecular flexibility index (Phi) is 2.12. The van der Waals surface area contributed by atoms with Crippen LogP contribution in [0.3, 0.4) is 0 Å². The number of rotatable bonds is 1. The summed E-state index contributed by atoms with van der Waals surface area (Å²) in [5, 5.41) is 0. The number of hydrogen-bond acceptors (Lipinski definition) is 2. The Balaban J connectivity index is 2.77. The minimum Gasteiger partial charge on any atom is -0.405 e. The molecule has 0 aliphatic rings. The van der Waals surface area contributed by atoms with E-state index in [1.807, 2.05) is 0 Å². The van der Waals surface area contributed by atoms with Crippen LogP contribution in [0.2, 0.25) is 0 Å². The Hall–Kier alpha value is -1.39. The first-order chi connectivity index (χ1) is 5.47. The van der Waals surface area contributed by atoms with Gasteiger partial charge in [0.25, 0.3) is 0 Å². The van der Waals surface area contributed by atoms with Crippen LogP contribution < -0.4 is 10.5 Å². The van der Waals surface area contributed by atoms with Gasteiger partial charge in [0, 0.05) is 5.69 Å². The minimum atomic E-state index is -4.69. The van der Waals surface area contributed by atoms with Crippen LogP contribution in [0, 0.1) is 6.07 Å². The molecule has 65 valence electrons. The number of benzene rings is 1. The van der Waals surface area contributed by atoms with Crippen molar-refractivity contribution >= 4 is 5.69 Å². The molecule has 0 aliphatic carbocycles. The maximum absolute atomic E-state index is 11.6. The molecule has 0 aromatic heterocycles. The Labute approximate surface area is 66.7 Å². The van der Waals surface area contributed by atoms with Crippen LogP contribution in [-0.4, -0.2) is 6.36 Å². The quantitative estimate of drug-likeness (QED) is 0.664. The van der Waals surface area contributed by atoms with E-state index in [4.69, 9.17) is 5.73 Å². The third-order valence-corrected chi connectivity index (χ3v) is 1.02. The zero-order chi connectivity index (χ0) is 9.19. The van der Waals surface area contributed by atoms with Crippen molar-refractivity contribution in [3.8, 4) is 5.75 Å². The van der Waals surface area contributed by atoms with Crippen LogP contribution in [0.15, 0.2) is 18.2 Å². The molecule has 2 N–H and O–H groups in total. The first-order valence-corrected chi connectivity index (χ1v) is 3.01. The molecule has 1 aromatic carbocycles. The van der Waals surface area contributed by atoms with Gasteiger partial charge in [0.15, 0.2) is 0 Å². The first-order valence-electron chi connectivity index (χ1n) is 3.01. The molecule has 12 heavy (non-hydrogen) atoms. The molecule has 0 saturated carbocycles. The average Bonchev–Trinajstić information content (AvgIpc) is 1.82. The molecule has 2 nitrogen and oxygen atoms in total. The van der Waals surface area contributed by atoms with E-state index in [1.54, 1.807) is 0 Å². The SMILES string of the molecule is Nc1[c]c(OC(F)(F)F)ccc1. The van der Waals surface area contributed by atoms with Crippen LogP contribution in [0.5, 0.6) is 5.75 Å². The van der Waals surface area contributed by atoms with Gasteiger partial charge in [-0.1, -0.05) is 6.07 Å². The highest BCUT2D eigenvalue weighted by atomic mass is 19.4. The molecule has 0 heterocycles. The van der Waals surface area contributed by atoms with Crippen molar-refractivity contribution in [3.05, 3.63) is 24.3 Å². The number of halogens is 3. The molecule has 1 rings (SSSR count). The minimum absolute atomic E-state index is 0.108. The van der Waals surface area contributed by atoms with Gasteiger partial charge >= 0.3 is 6.36 Å². The van der Waals surface area contributed by atoms with Crippen LogP contribution in [0.1, 0.15) is 0 Å². The number of alkyl halides is 3. The molecule has 0 amide bonds. The van der Waals surface area contributed by atoms with E-state index in [0.717, 1.165) is 6.07 Å². The van der Waals surface area contributed by atoms with Gasteiger partial charge in [-0.25, -0.2) is 0 Å². The molecular weight excluding hydrogens is 171 g/mol. The van der Waals surface area contributed by atoms with Gasteiger partial charge < -0.3 is 10.5 Å². The van der Waals surface area contributed by atoms with Crippen molar-refractivity contribution in [2.75, 3.05) is 5.73 Å². The fraction of sp³-hybridized carbons (Fsp3) is 0.143. The van der Waals surface area contributed by atoms with Crippen LogP contribution in [0.25, 0.3) is 0 Å². The molecule has 0 bridgehead atoms. The van der Waals surface area contributed by atoms with Gasteiger partial charge in [-0.05, 0) is 12.1 Å². The van der Waals surface area contributed by atoms with Crippen LogP contribution in [0.4, 0.5) is 18.9 Å². The summed E-state index contributed by atoms with van der Waals surface area (Å²) < 4.78 is 38.3. The van der Waals surface area contributed by atoms with Gasteiger partial charge in [-0.2, -0.15) is 0 Å². The molecule has 1 aromatic rings. The zero-order valence-electron chi connectivity index (χ0n) is 5.85. The summed E-state index contributed by atoms with van der Waals surface area (Å²) in [6, 6.07) is 6.10. The fourth-order valence-electron chi connectivity index (χ4n) is 0.649. The highest BCUT2D eigenvalue weighted by molar-refractivity contribution is 5.41. The number of hydrogen-bond donors (Lipinski definition) is 1. The van der Waals surface area contributed by atoms with Crippen molar-refractivity contribution in [1.29, 1.82) is 0 Å². The van der Waals surface area contributed by atoms with Gasteiger partial charge in [-0.15, -0.1) is 13.2 Å². The maximum Gasteiger partial charge on any atom is 0.573 e. The lowest BCUT2D eigenvalue weighted by molar-refractivity contribution is -0.274. The Morgan fingerprint density at radius 1 is 1.33 bits per heavy atom. The highest BCUT2D eigenvalue weighted by Crippen LogP contribution is 2.23. The summed E-state index contributed by atoms with van der Waals surface area (Å²) >= 11 is 0. The molecule has 0 fully saturated rings. The van der Waals surface area contributed by atoms with E-state index >= 15 is 0 Å². The number of anilines is 1. The molecule has 5 heteroatoms. The van der Waals surface area contributed by atoms with Crippen molar-refractivity contribution in [3.63, 3.8) is 0 Å². The van der Waals surface area contributed by atoms with Crippen molar-refractivity contribution in [2.45, 2.75) is 6.36 Å². The molecule has 0 atom stereocenters. The standard InChI is InChI=1S/C7H5F3NO/c8-7(9,10)12-6-3-1-2-5(11)4-6/h1-3H,11H2. The van der Waals surface area contributed by atoms with E-state index < -0.39 is 12.1 Å². The van der Waals surface area contributed by atoms with E-state index in [9.17, 15) is 13.2 Å². The van der Waals surface area contributed by atoms with Gasteiger partial charge in [0.2, 0.25) is 0 Å². The predicted molar refractivity (Wildman–Crippen MR) is 36.4 cm³/mol. The summed E-state index contributed by atoms with van der Waals surface area (Å²) in [7, 11) is 0. The van der Waals surface area contributed by atoms with Crippen molar-refractivity contribution in [2.24, 2.45) is 0 Å². The van der Waals surface area contributed by atoms with Crippen LogP contribution in [-0.2, 0) is 0 Å². The molecule has 1 radical (unpaired) electrons. The van der Waals surface area contributed by atoms with Crippen molar-refractivity contribution in [1.82, 2.24) is 0 Å². The molecule has 0 saturated heterocycles. The van der Waals surface area contributed by atoms with E-state index in [1.165, 1.54) is 12.1 Å². The second-order valence-corrected chi connectivity index (χ2v) is 2.02. The van der Waals surface area contributed by atoms with Gasteiger partial charge in [-0.3, -0.25) is 0 Å². The lowest BCUT2D eigenvalue weighted by atomic mass is 10.3. The monoisotopic (exact) mass is 176 g/mol. The molecule has 0 spiro atoms. The maximum atomic E-state index is 11.6. The first kappa shape index (κ1) is 8.70. The summed E-state index contributed by atoms with van der Waals surface area (Å²) in [4.78, 5) is 0. The Morgan fingerprint density at radius 3 is 2.50 bits per heavy atom. The normalized spacial score (nSPS) is 11.2. The average molecular weight is 176 g/mol. The number of nitrogen functional groups attached to an aromatic ring is 1. The predicted octanol–water partition coefficient (Wildman–Crippen LogP) is 1.97. The van der Waals surface area contributed by atoms with Crippen LogP contribution >= 0.6 is 0 Å². The Morgan fingerprint density at radius 2 is 2.00 bits per heavy atom. The topological polar surface area (TPSA) is 35.2 Å². The van der Waals surface area contributed by atoms with E-state index in [2.05, 4.69) is 10.8 Å². The zero-order valence-corrected chi connectivity index (χ0v) is 5.85. The summed E-state index contributed by atoms with van der Waals surface area (Å²) in [5.74, 6) is -0.428. The smallest absolute Gasteiger partial charge is 0.405 e. The second-order valence-electron chi connectivity index (χ2n) is 2.02. The highest BCUT2D eigenvalue weighted by Gasteiger charge is 2.31. The largest absolute Gasteiger partial charge is 0.573 e. The lowest BCUT2D eigenvalue weighted by Crippen LogP contribution is -2.17.